The zero-order valence-corrected chi connectivity index (χ0v) is 7.79. The number of rotatable bonds is 1. The second-order valence-electron chi connectivity index (χ2n) is 4.16. The van der Waals surface area contributed by atoms with E-state index >= 15 is 0 Å². The molecule has 0 amide bonds. The zero-order chi connectivity index (χ0) is 9.35. The monoisotopic (exact) mass is 169 g/mol. The van der Waals surface area contributed by atoms with Crippen molar-refractivity contribution in [1.29, 1.82) is 0 Å². The number of hydroxylamine groups is 2. The molecule has 0 aromatic carbocycles. The second-order valence-corrected chi connectivity index (χ2v) is 4.16. The van der Waals surface area contributed by atoms with Gasteiger partial charge in [-0.1, -0.05) is 26.8 Å². The third-order valence-corrected chi connectivity index (χ3v) is 1.87. The van der Waals surface area contributed by atoms with Gasteiger partial charge in [-0.15, -0.1) is 0 Å². The Morgan fingerprint density at radius 2 is 2.17 bits per heavy atom. The van der Waals surface area contributed by atoms with Crippen LogP contribution in [-0.4, -0.2) is 29.1 Å². The first kappa shape index (κ1) is 9.42. The molecule has 0 spiro atoms. The topological polar surface area (TPSA) is 40.5 Å². The van der Waals surface area contributed by atoms with Crippen molar-refractivity contribution in [2.24, 2.45) is 5.41 Å². The third kappa shape index (κ3) is 1.93. The molecule has 0 radical (unpaired) electrons. The molecule has 0 unspecified atom stereocenters. The molecule has 0 saturated carbocycles. The van der Waals surface area contributed by atoms with E-state index in [1.807, 2.05) is 20.8 Å². The first-order valence-electron chi connectivity index (χ1n) is 4.09. The predicted octanol–water partition coefficient (Wildman–Crippen LogP) is 1.23. The lowest BCUT2D eigenvalue weighted by atomic mass is 9.86. The minimum absolute atomic E-state index is 0.124. The molecule has 0 aromatic rings. The minimum atomic E-state index is -0.336. The van der Waals surface area contributed by atoms with E-state index in [4.69, 9.17) is 5.21 Å². The Hall–Kier alpha value is -0.670. The average Bonchev–Trinajstić information content (AvgIpc) is 2.32. The van der Waals surface area contributed by atoms with Crippen molar-refractivity contribution in [3.05, 3.63) is 11.6 Å². The van der Waals surface area contributed by atoms with Gasteiger partial charge >= 0.3 is 0 Å². The van der Waals surface area contributed by atoms with E-state index < -0.39 is 0 Å². The fraction of sp³-hybridized carbons (Fsp3) is 0.667. The van der Waals surface area contributed by atoms with Gasteiger partial charge in [-0.2, -0.15) is 5.06 Å². The number of Topliss-reactive ketones (excluding diaryl/α,β-unsaturated/α-hetero) is 1. The molecule has 3 heteroatoms. The quantitative estimate of drug-likeness (QED) is 0.642. The highest BCUT2D eigenvalue weighted by Gasteiger charge is 2.27. The van der Waals surface area contributed by atoms with Crippen molar-refractivity contribution >= 4 is 5.78 Å². The first-order valence-corrected chi connectivity index (χ1v) is 4.09. The Labute approximate surface area is 72.6 Å². The Morgan fingerprint density at radius 3 is 2.50 bits per heavy atom. The van der Waals surface area contributed by atoms with Crippen LogP contribution in [0.1, 0.15) is 20.8 Å². The van der Waals surface area contributed by atoms with Crippen molar-refractivity contribution in [1.82, 2.24) is 5.06 Å². The molecule has 0 atom stereocenters. The normalized spacial score (nSPS) is 19.5. The number of hydrogen-bond donors (Lipinski definition) is 1. The van der Waals surface area contributed by atoms with E-state index in [9.17, 15) is 4.79 Å². The highest BCUT2D eigenvalue weighted by Crippen LogP contribution is 2.22. The fourth-order valence-electron chi connectivity index (χ4n) is 1.19. The maximum Gasteiger partial charge on any atom is 0.165 e. The van der Waals surface area contributed by atoms with Crippen LogP contribution in [0.4, 0.5) is 0 Å². The number of carbonyl (C=O) groups is 1. The lowest BCUT2D eigenvalue weighted by Gasteiger charge is -2.17. The van der Waals surface area contributed by atoms with Crippen LogP contribution in [0.15, 0.2) is 11.6 Å². The van der Waals surface area contributed by atoms with Crippen molar-refractivity contribution in [3.63, 3.8) is 0 Å². The van der Waals surface area contributed by atoms with Crippen molar-refractivity contribution < 1.29 is 10.0 Å². The first-order chi connectivity index (χ1) is 5.41. The summed E-state index contributed by atoms with van der Waals surface area (Å²) in [6.07, 6.45) is 1.79. The lowest BCUT2D eigenvalue weighted by molar-refractivity contribution is -0.123. The molecule has 12 heavy (non-hydrogen) atoms. The van der Waals surface area contributed by atoms with Gasteiger partial charge in [0.2, 0.25) is 0 Å². The molecule has 0 bridgehead atoms. The molecular weight excluding hydrogens is 154 g/mol. The summed E-state index contributed by atoms with van der Waals surface area (Å²) in [6, 6.07) is 0. The summed E-state index contributed by atoms with van der Waals surface area (Å²) >= 11 is 0. The molecule has 0 saturated heterocycles. The van der Waals surface area contributed by atoms with Crippen molar-refractivity contribution in [2.45, 2.75) is 20.8 Å². The van der Waals surface area contributed by atoms with Gasteiger partial charge in [0.05, 0.1) is 6.54 Å². The van der Waals surface area contributed by atoms with Gasteiger partial charge in [-0.05, 0) is 0 Å². The Bertz CT molecular complexity index is 225. The smallest absolute Gasteiger partial charge is 0.165 e. The lowest BCUT2D eigenvalue weighted by Crippen LogP contribution is -2.25. The zero-order valence-electron chi connectivity index (χ0n) is 7.79. The Balaban J connectivity index is 2.67. The van der Waals surface area contributed by atoms with E-state index in [1.165, 1.54) is 0 Å². The molecular formula is C9H15NO2. The van der Waals surface area contributed by atoms with E-state index in [0.717, 1.165) is 10.6 Å². The van der Waals surface area contributed by atoms with Gasteiger partial charge in [-0.3, -0.25) is 4.79 Å². The van der Waals surface area contributed by atoms with Crippen LogP contribution in [0.25, 0.3) is 0 Å². The van der Waals surface area contributed by atoms with Crippen LogP contribution in [0, 0.1) is 5.41 Å². The highest BCUT2D eigenvalue weighted by atomic mass is 16.5. The summed E-state index contributed by atoms with van der Waals surface area (Å²) < 4.78 is 0. The second kappa shape index (κ2) is 2.99. The van der Waals surface area contributed by atoms with Crippen LogP contribution in [-0.2, 0) is 4.79 Å². The number of hydrogen-bond acceptors (Lipinski definition) is 3. The molecule has 1 aliphatic heterocycles. The van der Waals surface area contributed by atoms with E-state index in [2.05, 4.69) is 0 Å². The van der Waals surface area contributed by atoms with Gasteiger partial charge in [0.15, 0.2) is 5.78 Å². The fourth-order valence-corrected chi connectivity index (χ4v) is 1.19. The standard InChI is InChI=1S/C9H15NO2/c1-9(2,3)8(11)7-4-5-10(12)6-7/h4,12H,5-6H2,1-3H3. The van der Waals surface area contributed by atoms with E-state index in [0.29, 0.717) is 13.1 Å². The summed E-state index contributed by atoms with van der Waals surface area (Å²) in [6.45, 7) is 6.50. The van der Waals surface area contributed by atoms with Gasteiger partial charge < -0.3 is 5.21 Å². The third-order valence-electron chi connectivity index (χ3n) is 1.87. The SMILES string of the molecule is CC(C)(C)C(=O)C1=CCN(O)C1. The molecule has 3 nitrogen and oxygen atoms in total. The number of ketones is 1. The Kier molecular flexibility index (Phi) is 2.35. The molecule has 1 rings (SSSR count). The van der Waals surface area contributed by atoms with Crippen LogP contribution in [0.5, 0.6) is 0 Å². The van der Waals surface area contributed by atoms with Gasteiger partial charge in [-0.25, -0.2) is 0 Å². The summed E-state index contributed by atoms with van der Waals surface area (Å²) in [7, 11) is 0. The summed E-state index contributed by atoms with van der Waals surface area (Å²) in [5, 5.41) is 10.2. The average molecular weight is 169 g/mol. The van der Waals surface area contributed by atoms with Gasteiger partial charge in [0.1, 0.15) is 0 Å². The number of carbonyl (C=O) groups excluding carboxylic acids is 1. The molecule has 1 aliphatic rings. The molecule has 0 aromatic heterocycles. The summed E-state index contributed by atoms with van der Waals surface area (Å²) in [5.41, 5.74) is 0.391. The maximum atomic E-state index is 11.6. The van der Waals surface area contributed by atoms with Crippen LogP contribution in [0.2, 0.25) is 0 Å². The molecule has 1 N–H and O–H groups in total. The molecule has 1 heterocycles. The van der Waals surface area contributed by atoms with Crippen LogP contribution >= 0.6 is 0 Å². The van der Waals surface area contributed by atoms with Gasteiger partial charge in [0.25, 0.3) is 0 Å². The van der Waals surface area contributed by atoms with Crippen molar-refractivity contribution in [2.75, 3.05) is 13.1 Å². The van der Waals surface area contributed by atoms with Crippen LogP contribution in [0.3, 0.4) is 0 Å². The number of nitrogens with zero attached hydrogens (tertiary/aromatic N) is 1. The van der Waals surface area contributed by atoms with Gasteiger partial charge in [0, 0.05) is 17.5 Å². The Morgan fingerprint density at radius 1 is 1.58 bits per heavy atom. The predicted molar refractivity (Wildman–Crippen MR) is 45.9 cm³/mol. The maximum absolute atomic E-state index is 11.6. The van der Waals surface area contributed by atoms with Crippen LogP contribution < -0.4 is 0 Å². The molecule has 68 valence electrons. The van der Waals surface area contributed by atoms with E-state index in [1.54, 1.807) is 6.08 Å². The minimum Gasteiger partial charge on any atom is -0.313 e. The molecule has 0 aliphatic carbocycles. The largest absolute Gasteiger partial charge is 0.313 e. The summed E-state index contributed by atoms with van der Waals surface area (Å²) in [5.74, 6) is 0.124. The summed E-state index contributed by atoms with van der Waals surface area (Å²) in [4.78, 5) is 11.6. The molecule has 0 fully saturated rings. The van der Waals surface area contributed by atoms with E-state index in [-0.39, 0.29) is 11.2 Å². The highest BCUT2D eigenvalue weighted by molar-refractivity contribution is 5.99. The van der Waals surface area contributed by atoms with Crippen molar-refractivity contribution in [3.8, 4) is 0 Å².